The van der Waals surface area contributed by atoms with Crippen molar-refractivity contribution in [2.45, 2.75) is 0 Å². The minimum Gasteiger partial charge on any atom is -0.399 e. The maximum Gasteiger partial charge on any atom is 0.257 e. The highest BCUT2D eigenvalue weighted by molar-refractivity contribution is 9.10. The van der Waals surface area contributed by atoms with Gasteiger partial charge in [0.2, 0.25) is 0 Å². The van der Waals surface area contributed by atoms with Crippen LogP contribution in [0.5, 0.6) is 0 Å². The first-order valence-electron chi connectivity index (χ1n) is 5.93. The molecule has 0 saturated carbocycles. The lowest BCUT2D eigenvalue weighted by molar-refractivity contribution is 0.102. The van der Waals surface area contributed by atoms with Crippen LogP contribution in [0.4, 0.5) is 11.4 Å². The number of anilines is 2. The third kappa shape index (κ3) is 2.25. The number of halogens is 1. The summed E-state index contributed by atoms with van der Waals surface area (Å²) in [5.74, 6) is -0.212. The normalized spacial score (nSPS) is 10.7. The molecule has 1 aromatic carbocycles. The predicted molar refractivity (Wildman–Crippen MR) is 82.6 cm³/mol. The fraction of sp³-hybridized carbons (Fsp3) is 0. The van der Waals surface area contributed by atoms with E-state index in [1.807, 2.05) is 6.07 Å². The van der Waals surface area contributed by atoms with E-state index in [0.29, 0.717) is 21.5 Å². The van der Waals surface area contributed by atoms with Crippen LogP contribution in [0.25, 0.3) is 10.9 Å². The lowest BCUT2D eigenvalue weighted by atomic mass is 10.1. The molecule has 6 heteroatoms. The van der Waals surface area contributed by atoms with E-state index >= 15 is 0 Å². The molecule has 0 spiro atoms. The van der Waals surface area contributed by atoms with Crippen molar-refractivity contribution in [2.75, 3.05) is 11.1 Å². The molecule has 0 bridgehead atoms. The van der Waals surface area contributed by atoms with Crippen LogP contribution in [0.3, 0.4) is 0 Å². The molecule has 0 unspecified atom stereocenters. The van der Waals surface area contributed by atoms with Gasteiger partial charge in [-0.05, 0) is 46.3 Å². The predicted octanol–water partition coefficient (Wildman–Crippen LogP) is 3.16. The second-order valence-electron chi connectivity index (χ2n) is 4.30. The Kier molecular flexibility index (Phi) is 3.15. The molecule has 0 atom stereocenters. The van der Waals surface area contributed by atoms with Crippen molar-refractivity contribution in [1.29, 1.82) is 0 Å². The van der Waals surface area contributed by atoms with Crippen LogP contribution in [0.15, 0.2) is 47.3 Å². The van der Waals surface area contributed by atoms with Gasteiger partial charge in [0, 0.05) is 29.0 Å². The Morgan fingerprint density at radius 3 is 3.00 bits per heavy atom. The van der Waals surface area contributed by atoms with Gasteiger partial charge in [-0.25, -0.2) is 4.98 Å². The summed E-state index contributed by atoms with van der Waals surface area (Å²) in [5, 5.41) is 3.61. The average molecular weight is 331 g/mol. The summed E-state index contributed by atoms with van der Waals surface area (Å²) in [5.41, 5.74) is 8.42. The highest BCUT2D eigenvalue weighted by atomic mass is 79.9. The molecule has 3 rings (SSSR count). The number of pyridine rings is 1. The second-order valence-corrected chi connectivity index (χ2v) is 5.05. The quantitative estimate of drug-likeness (QED) is 0.498. The number of aromatic nitrogens is 2. The third-order valence-corrected chi connectivity index (χ3v) is 3.59. The smallest absolute Gasteiger partial charge is 0.257 e. The largest absolute Gasteiger partial charge is 0.399 e. The summed E-state index contributed by atoms with van der Waals surface area (Å²) >= 11 is 3.30. The average Bonchev–Trinajstić information content (AvgIpc) is 2.84. The number of H-pyrrole nitrogens is 1. The maximum absolute atomic E-state index is 12.3. The number of hydrogen-bond donors (Lipinski definition) is 3. The Morgan fingerprint density at radius 1 is 1.35 bits per heavy atom. The molecule has 0 aliphatic heterocycles. The molecule has 0 aliphatic carbocycles. The van der Waals surface area contributed by atoms with Gasteiger partial charge in [-0.3, -0.25) is 4.79 Å². The van der Waals surface area contributed by atoms with E-state index in [9.17, 15) is 4.79 Å². The standard InChI is InChI=1S/C14H11BrN4O/c15-13-12(2-1-5-17-13)19-14(20)10-7-18-11-4-3-8(16)6-9(10)11/h1-7,18H,16H2,(H,19,20). The van der Waals surface area contributed by atoms with E-state index in [0.717, 1.165) is 10.9 Å². The van der Waals surface area contributed by atoms with Gasteiger partial charge in [-0.15, -0.1) is 0 Å². The summed E-state index contributed by atoms with van der Waals surface area (Å²) in [4.78, 5) is 19.4. The number of amides is 1. The van der Waals surface area contributed by atoms with Crippen molar-refractivity contribution >= 4 is 44.1 Å². The lowest BCUT2D eigenvalue weighted by Crippen LogP contribution is -2.12. The molecule has 0 radical (unpaired) electrons. The van der Waals surface area contributed by atoms with Gasteiger partial charge in [0.05, 0.1) is 11.3 Å². The van der Waals surface area contributed by atoms with Gasteiger partial charge < -0.3 is 16.0 Å². The van der Waals surface area contributed by atoms with E-state index in [1.165, 1.54) is 0 Å². The molecule has 2 aromatic heterocycles. The highest BCUT2D eigenvalue weighted by Crippen LogP contribution is 2.23. The van der Waals surface area contributed by atoms with Gasteiger partial charge in [0.1, 0.15) is 4.60 Å². The van der Waals surface area contributed by atoms with Crippen LogP contribution in [0.1, 0.15) is 10.4 Å². The molecule has 5 nitrogen and oxygen atoms in total. The summed E-state index contributed by atoms with van der Waals surface area (Å²) < 4.78 is 0.590. The first kappa shape index (κ1) is 12.7. The number of rotatable bonds is 2. The third-order valence-electron chi connectivity index (χ3n) is 2.96. The first-order valence-corrected chi connectivity index (χ1v) is 6.73. The van der Waals surface area contributed by atoms with Gasteiger partial charge in [0.15, 0.2) is 0 Å². The van der Waals surface area contributed by atoms with Crippen molar-refractivity contribution in [3.8, 4) is 0 Å². The van der Waals surface area contributed by atoms with Crippen molar-refractivity contribution < 1.29 is 4.79 Å². The first-order chi connectivity index (χ1) is 9.65. The molecular weight excluding hydrogens is 320 g/mol. The molecule has 20 heavy (non-hydrogen) atoms. The Balaban J connectivity index is 1.97. The van der Waals surface area contributed by atoms with Crippen molar-refractivity contribution in [3.05, 3.63) is 52.9 Å². The zero-order chi connectivity index (χ0) is 14.1. The maximum atomic E-state index is 12.3. The van der Waals surface area contributed by atoms with Crippen molar-refractivity contribution in [3.63, 3.8) is 0 Å². The molecule has 3 aromatic rings. The number of aromatic amines is 1. The second kappa shape index (κ2) is 4.97. The van der Waals surface area contributed by atoms with Gasteiger partial charge in [-0.1, -0.05) is 0 Å². The van der Waals surface area contributed by atoms with Crippen molar-refractivity contribution in [2.24, 2.45) is 0 Å². The molecule has 4 N–H and O–H groups in total. The van der Waals surface area contributed by atoms with E-state index in [-0.39, 0.29) is 5.91 Å². The lowest BCUT2D eigenvalue weighted by Gasteiger charge is -2.05. The number of hydrogen-bond acceptors (Lipinski definition) is 3. The number of nitrogens with zero attached hydrogens (tertiary/aromatic N) is 1. The number of fused-ring (bicyclic) bond motifs is 1. The summed E-state index contributed by atoms with van der Waals surface area (Å²) in [6.07, 6.45) is 3.32. The van der Waals surface area contributed by atoms with Crippen molar-refractivity contribution in [1.82, 2.24) is 9.97 Å². The SMILES string of the molecule is Nc1ccc2[nH]cc(C(=O)Nc3cccnc3Br)c2c1. The Labute approximate surface area is 123 Å². The molecular formula is C14H11BrN4O. The van der Waals surface area contributed by atoms with Crippen LogP contribution < -0.4 is 11.1 Å². The number of carbonyl (C=O) groups is 1. The summed E-state index contributed by atoms with van der Waals surface area (Å²) in [6.45, 7) is 0. The van der Waals surface area contributed by atoms with E-state index in [2.05, 4.69) is 31.2 Å². The van der Waals surface area contributed by atoms with Crippen LogP contribution in [-0.2, 0) is 0 Å². The minimum atomic E-state index is -0.212. The van der Waals surface area contributed by atoms with Crippen LogP contribution in [0, 0.1) is 0 Å². The number of benzene rings is 1. The minimum absolute atomic E-state index is 0.212. The molecule has 0 aliphatic rings. The summed E-state index contributed by atoms with van der Waals surface area (Å²) in [7, 11) is 0. The van der Waals surface area contributed by atoms with E-state index < -0.39 is 0 Å². The van der Waals surface area contributed by atoms with Gasteiger partial charge in [0.25, 0.3) is 5.91 Å². The highest BCUT2D eigenvalue weighted by Gasteiger charge is 2.13. The van der Waals surface area contributed by atoms with Gasteiger partial charge in [-0.2, -0.15) is 0 Å². The van der Waals surface area contributed by atoms with Crippen LogP contribution >= 0.6 is 15.9 Å². The zero-order valence-electron chi connectivity index (χ0n) is 10.4. The Morgan fingerprint density at radius 2 is 2.20 bits per heavy atom. The number of carbonyl (C=O) groups excluding carboxylic acids is 1. The monoisotopic (exact) mass is 330 g/mol. The Bertz CT molecular complexity index is 797. The molecule has 1 amide bonds. The van der Waals surface area contributed by atoms with E-state index in [1.54, 1.807) is 36.7 Å². The topological polar surface area (TPSA) is 83.8 Å². The fourth-order valence-corrected chi connectivity index (χ4v) is 2.34. The van der Waals surface area contributed by atoms with Crippen LogP contribution in [0.2, 0.25) is 0 Å². The molecule has 100 valence electrons. The number of nitrogens with two attached hydrogens (primary N) is 1. The molecule has 2 heterocycles. The number of nitrogens with one attached hydrogen (secondary N) is 2. The van der Waals surface area contributed by atoms with Crippen LogP contribution in [-0.4, -0.2) is 15.9 Å². The van der Waals surface area contributed by atoms with E-state index in [4.69, 9.17) is 5.73 Å². The Hall–Kier alpha value is -2.34. The summed E-state index contributed by atoms with van der Waals surface area (Å²) in [6, 6.07) is 8.95. The van der Waals surface area contributed by atoms with Gasteiger partial charge >= 0.3 is 0 Å². The fourth-order valence-electron chi connectivity index (χ4n) is 2.00. The molecule has 0 saturated heterocycles. The molecule has 0 fully saturated rings. The zero-order valence-corrected chi connectivity index (χ0v) is 11.9. The number of nitrogen functional groups attached to an aromatic ring is 1.